The Hall–Kier alpha value is -3.33. The van der Waals surface area contributed by atoms with Gasteiger partial charge >= 0.3 is 6.18 Å². The number of carbonyl (C=O) groups is 1. The molecular weight excluding hydrogens is 481 g/mol. The maximum Gasteiger partial charge on any atom is 0.433 e. The zero-order valence-electron chi connectivity index (χ0n) is 21.3. The van der Waals surface area contributed by atoms with Gasteiger partial charge in [-0.2, -0.15) is 13.2 Å². The Morgan fingerprint density at radius 1 is 1.22 bits per heavy atom. The molecule has 196 valence electrons. The molecule has 0 spiro atoms. The second-order valence-corrected chi connectivity index (χ2v) is 9.53. The number of aliphatic imine (C=N–C) groups is 1. The number of rotatable bonds is 11. The van der Waals surface area contributed by atoms with Gasteiger partial charge in [0.2, 0.25) is 0 Å². The summed E-state index contributed by atoms with van der Waals surface area (Å²) < 4.78 is 47.5. The first-order valence-corrected chi connectivity index (χ1v) is 12.5. The fourth-order valence-electron chi connectivity index (χ4n) is 4.48. The SMILES string of the molecule is CCc1cc(Cc2nccn3c(C4=CCN=C4C(F)(F)F)cnc23)ccc1C(=O)CCCOCC(C)C. The highest BCUT2D eigenvalue weighted by Crippen LogP contribution is 2.32. The summed E-state index contributed by atoms with van der Waals surface area (Å²) in [6.45, 7) is 7.44. The van der Waals surface area contributed by atoms with Gasteiger partial charge in [0.15, 0.2) is 11.4 Å². The third-order valence-corrected chi connectivity index (χ3v) is 6.21. The monoisotopic (exact) mass is 512 g/mol. The minimum Gasteiger partial charge on any atom is -0.381 e. The predicted molar refractivity (Wildman–Crippen MR) is 137 cm³/mol. The van der Waals surface area contributed by atoms with E-state index >= 15 is 0 Å². The lowest BCUT2D eigenvalue weighted by Gasteiger charge is -2.12. The van der Waals surface area contributed by atoms with Gasteiger partial charge in [-0.3, -0.25) is 19.2 Å². The number of halogens is 3. The summed E-state index contributed by atoms with van der Waals surface area (Å²) in [5, 5.41) is 0. The highest BCUT2D eigenvalue weighted by atomic mass is 19.4. The molecular formula is C28H31F3N4O2. The van der Waals surface area contributed by atoms with Crippen molar-refractivity contribution in [1.82, 2.24) is 14.4 Å². The summed E-state index contributed by atoms with van der Waals surface area (Å²) in [6.07, 6.45) is 3.80. The minimum absolute atomic E-state index is 0.00875. The first-order chi connectivity index (χ1) is 17.7. The number of hydrogen-bond donors (Lipinski definition) is 0. The molecule has 0 bridgehead atoms. The van der Waals surface area contributed by atoms with Gasteiger partial charge in [0.1, 0.15) is 5.71 Å². The normalized spacial score (nSPS) is 13.9. The van der Waals surface area contributed by atoms with Crippen LogP contribution in [0.15, 0.2) is 47.9 Å². The lowest BCUT2D eigenvalue weighted by Crippen LogP contribution is -2.23. The molecule has 0 saturated carbocycles. The number of hydrogen-bond acceptors (Lipinski definition) is 5. The van der Waals surface area contributed by atoms with Crippen molar-refractivity contribution in [2.75, 3.05) is 19.8 Å². The van der Waals surface area contributed by atoms with Gasteiger partial charge in [-0.15, -0.1) is 0 Å². The van der Waals surface area contributed by atoms with E-state index in [4.69, 9.17) is 4.74 Å². The molecule has 2 aromatic heterocycles. The standard InChI is InChI=1S/C28H31F3N4O2/c1-4-20-14-19(7-8-21(20)25(36)6-5-13-37-17-18(2)3)15-23-27-34-16-24(35(27)12-11-32-23)22-9-10-33-26(22)28(29,30)31/h7-9,11-12,14,16,18H,4-6,10,13,15,17H2,1-3H3. The fraction of sp³-hybridized carbons (Fsp3) is 0.429. The first-order valence-electron chi connectivity index (χ1n) is 12.5. The summed E-state index contributed by atoms with van der Waals surface area (Å²) >= 11 is 0. The quantitative estimate of drug-likeness (QED) is 0.236. The van der Waals surface area contributed by atoms with Crippen molar-refractivity contribution in [1.29, 1.82) is 0 Å². The third-order valence-electron chi connectivity index (χ3n) is 6.21. The van der Waals surface area contributed by atoms with Crippen molar-refractivity contribution in [3.8, 4) is 0 Å². The molecule has 1 aliphatic heterocycles. The first kappa shape index (κ1) is 26.7. The average Bonchev–Trinajstić information content (AvgIpc) is 3.51. The average molecular weight is 513 g/mol. The van der Waals surface area contributed by atoms with Crippen molar-refractivity contribution in [2.45, 2.75) is 52.6 Å². The molecule has 0 atom stereocenters. The minimum atomic E-state index is -4.53. The molecule has 6 nitrogen and oxygen atoms in total. The second-order valence-electron chi connectivity index (χ2n) is 9.53. The van der Waals surface area contributed by atoms with Crippen LogP contribution in [-0.2, 0) is 17.6 Å². The number of carbonyl (C=O) groups excluding carboxylic acids is 1. The van der Waals surface area contributed by atoms with Crippen LogP contribution in [0.3, 0.4) is 0 Å². The topological polar surface area (TPSA) is 68.8 Å². The highest BCUT2D eigenvalue weighted by molar-refractivity contribution is 6.27. The van der Waals surface area contributed by atoms with Crippen LogP contribution < -0.4 is 0 Å². The van der Waals surface area contributed by atoms with Gasteiger partial charge in [0.25, 0.3) is 0 Å². The molecule has 0 N–H and O–H groups in total. The maximum atomic E-state index is 13.4. The number of allylic oxidation sites excluding steroid dienone is 1. The molecule has 0 radical (unpaired) electrons. The Morgan fingerprint density at radius 3 is 2.76 bits per heavy atom. The van der Waals surface area contributed by atoms with Crippen LogP contribution in [0.1, 0.15) is 66.5 Å². The number of imidazole rings is 1. The number of alkyl halides is 3. The van der Waals surface area contributed by atoms with Gasteiger partial charge < -0.3 is 4.74 Å². The zero-order valence-corrected chi connectivity index (χ0v) is 21.3. The molecule has 4 rings (SSSR count). The summed E-state index contributed by atoms with van der Waals surface area (Å²) in [6, 6.07) is 5.77. The molecule has 0 unspecified atom stereocenters. The van der Waals surface area contributed by atoms with E-state index < -0.39 is 11.9 Å². The maximum absolute atomic E-state index is 13.4. The Balaban J connectivity index is 1.51. The van der Waals surface area contributed by atoms with Gasteiger partial charge in [-0.1, -0.05) is 45.0 Å². The molecule has 1 aliphatic rings. The smallest absolute Gasteiger partial charge is 0.381 e. The molecule has 0 amide bonds. The van der Waals surface area contributed by atoms with Crippen LogP contribution in [0, 0.1) is 5.92 Å². The van der Waals surface area contributed by atoms with Crippen LogP contribution >= 0.6 is 0 Å². The van der Waals surface area contributed by atoms with Crippen molar-refractivity contribution < 1.29 is 22.7 Å². The van der Waals surface area contributed by atoms with Crippen molar-refractivity contribution in [2.24, 2.45) is 10.9 Å². The Labute approximate surface area is 214 Å². The van der Waals surface area contributed by atoms with Crippen molar-refractivity contribution in [3.05, 3.63) is 70.9 Å². The van der Waals surface area contributed by atoms with E-state index in [2.05, 4.69) is 28.8 Å². The van der Waals surface area contributed by atoms with E-state index in [1.54, 1.807) is 16.8 Å². The van der Waals surface area contributed by atoms with Crippen molar-refractivity contribution in [3.63, 3.8) is 0 Å². The zero-order chi connectivity index (χ0) is 26.6. The second kappa shape index (κ2) is 11.4. The van der Waals surface area contributed by atoms with Crippen molar-refractivity contribution >= 4 is 22.7 Å². The number of ketones is 1. The van der Waals surface area contributed by atoms with Crippen LogP contribution in [-0.4, -0.2) is 51.8 Å². The highest BCUT2D eigenvalue weighted by Gasteiger charge is 2.40. The summed E-state index contributed by atoms with van der Waals surface area (Å²) in [4.78, 5) is 25.3. The number of benzene rings is 1. The van der Waals surface area contributed by atoms with Crippen LogP contribution in [0.25, 0.3) is 11.2 Å². The van der Waals surface area contributed by atoms with Crippen LogP contribution in [0.4, 0.5) is 13.2 Å². The number of fused-ring (bicyclic) bond motifs is 1. The number of aromatic nitrogens is 3. The molecule has 3 aromatic rings. The van der Waals surface area contributed by atoms with E-state index in [1.165, 1.54) is 12.3 Å². The Morgan fingerprint density at radius 2 is 2.03 bits per heavy atom. The van der Waals surface area contributed by atoms with E-state index in [0.717, 1.165) is 16.7 Å². The molecule has 37 heavy (non-hydrogen) atoms. The van der Waals surface area contributed by atoms with Crippen LogP contribution in [0.2, 0.25) is 0 Å². The molecule has 9 heteroatoms. The van der Waals surface area contributed by atoms with Gasteiger partial charge in [0.05, 0.1) is 24.1 Å². The summed E-state index contributed by atoms with van der Waals surface area (Å²) in [7, 11) is 0. The lowest BCUT2D eigenvalue weighted by atomic mass is 9.95. The number of ether oxygens (including phenoxy) is 1. The molecule has 3 heterocycles. The third kappa shape index (κ3) is 6.15. The molecule has 0 saturated heterocycles. The van der Waals surface area contributed by atoms with Gasteiger partial charge in [-0.05, 0) is 29.9 Å². The Kier molecular flexibility index (Phi) is 8.22. The summed E-state index contributed by atoms with van der Waals surface area (Å²) in [5.74, 6) is 0.566. The van der Waals surface area contributed by atoms with E-state index in [9.17, 15) is 18.0 Å². The van der Waals surface area contributed by atoms with Gasteiger partial charge in [0, 0.05) is 49.6 Å². The van der Waals surface area contributed by atoms with E-state index in [-0.39, 0.29) is 17.9 Å². The predicted octanol–water partition coefficient (Wildman–Crippen LogP) is 5.92. The largest absolute Gasteiger partial charge is 0.433 e. The molecule has 0 aliphatic carbocycles. The number of aryl methyl sites for hydroxylation is 1. The van der Waals surface area contributed by atoms with E-state index in [0.29, 0.717) is 61.8 Å². The molecule has 1 aromatic carbocycles. The Bertz CT molecular complexity index is 1340. The van der Waals surface area contributed by atoms with E-state index in [1.807, 2.05) is 25.1 Å². The summed E-state index contributed by atoms with van der Waals surface area (Å²) in [5.41, 5.74) is 3.25. The lowest BCUT2D eigenvalue weighted by molar-refractivity contribution is -0.0571. The molecule has 0 fully saturated rings. The fourth-order valence-corrected chi connectivity index (χ4v) is 4.48. The number of nitrogens with zero attached hydrogens (tertiary/aromatic N) is 4. The van der Waals surface area contributed by atoms with Crippen LogP contribution in [0.5, 0.6) is 0 Å². The van der Waals surface area contributed by atoms with Gasteiger partial charge in [-0.25, -0.2) is 4.98 Å². The number of Topliss-reactive ketones (excluding diaryl/α,β-unsaturated/α-hetero) is 1.